The summed E-state index contributed by atoms with van der Waals surface area (Å²) in [5.41, 5.74) is 5.95. The molecule has 0 bridgehead atoms. The molecule has 1 rings (SSSR count). The molecular weight excluding hydrogens is 264 g/mol. The summed E-state index contributed by atoms with van der Waals surface area (Å²) in [5, 5.41) is 2.92. The molecular formula is C9H15ClN4O2S. The van der Waals surface area contributed by atoms with Gasteiger partial charge in [0.15, 0.2) is 15.7 Å². The third-order valence-corrected chi connectivity index (χ3v) is 4.81. The van der Waals surface area contributed by atoms with E-state index in [4.69, 9.17) is 17.3 Å². The van der Waals surface area contributed by atoms with E-state index in [-0.39, 0.29) is 11.8 Å². The van der Waals surface area contributed by atoms with Crippen molar-refractivity contribution < 1.29 is 8.42 Å². The third kappa shape index (κ3) is 3.44. The van der Waals surface area contributed by atoms with Gasteiger partial charge in [-0.05, 0) is 25.4 Å². The smallest absolute Gasteiger partial charge is 0.224 e. The van der Waals surface area contributed by atoms with Crippen molar-refractivity contribution in [1.82, 2.24) is 9.97 Å². The number of anilines is 2. The molecule has 0 saturated carbocycles. The Balaban J connectivity index is 2.84. The molecule has 3 N–H and O–H groups in total. The van der Waals surface area contributed by atoms with Crippen LogP contribution in [-0.4, -0.2) is 35.9 Å². The summed E-state index contributed by atoms with van der Waals surface area (Å²) < 4.78 is 22.1. The molecule has 0 unspecified atom stereocenters. The second kappa shape index (κ2) is 4.66. The van der Waals surface area contributed by atoms with Crippen LogP contribution >= 0.6 is 11.6 Å². The fourth-order valence-corrected chi connectivity index (χ4v) is 1.41. The zero-order chi connectivity index (χ0) is 13.3. The Morgan fingerprint density at radius 2 is 2.12 bits per heavy atom. The Labute approximate surface area is 106 Å². The molecule has 0 atom stereocenters. The maximum atomic E-state index is 11.5. The standard InChI is InChI=1S/C9H15ClN4O2S/c1-9(2,17(3,15)16)5-13-7-6(11)4-12-8(10)14-7/h4H,5,11H2,1-3H3,(H,12,13,14). The monoisotopic (exact) mass is 278 g/mol. The lowest BCUT2D eigenvalue weighted by atomic mass is 10.2. The van der Waals surface area contributed by atoms with Gasteiger partial charge in [0.05, 0.1) is 16.6 Å². The first-order valence-electron chi connectivity index (χ1n) is 4.85. The predicted molar refractivity (Wildman–Crippen MR) is 68.9 cm³/mol. The number of sulfone groups is 1. The number of nitrogens with two attached hydrogens (primary N) is 1. The van der Waals surface area contributed by atoms with Crippen LogP contribution in [0, 0.1) is 0 Å². The maximum absolute atomic E-state index is 11.5. The van der Waals surface area contributed by atoms with Gasteiger partial charge in [-0.15, -0.1) is 0 Å². The van der Waals surface area contributed by atoms with Crippen molar-refractivity contribution in [3.63, 3.8) is 0 Å². The van der Waals surface area contributed by atoms with Crippen LogP contribution in [0.2, 0.25) is 5.28 Å². The molecule has 0 aromatic carbocycles. The fourth-order valence-electron chi connectivity index (χ4n) is 0.939. The Bertz CT molecular complexity index is 516. The first-order chi connectivity index (χ1) is 7.63. The molecule has 0 radical (unpaired) electrons. The van der Waals surface area contributed by atoms with Crippen LogP contribution in [0.4, 0.5) is 11.5 Å². The van der Waals surface area contributed by atoms with Crippen LogP contribution in [0.1, 0.15) is 13.8 Å². The summed E-state index contributed by atoms with van der Waals surface area (Å²) in [4.78, 5) is 7.58. The quantitative estimate of drug-likeness (QED) is 0.796. The van der Waals surface area contributed by atoms with Gasteiger partial charge in [0.1, 0.15) is 0 Å². The van der Waals surface area contributed by atoms with Gasteiger partial charge in [-0.3, -0.25) is 0 Å². The Morgan fingerprint density at radius 1 is 1.53 bits per heavy atom. The van der Waals surface area contributed by atoms with Gasteiger partial charge in [-0.2, -0.15) is 4.98 Å². The largest absolute Gasteiger partial charge is 0.394 e. The van der Waals surface area contributed by atoms with E-state index in [0.717, 1.165) is 0 Å². The number of rotatable bonds is 4. The summed E-state index contributed by atoms with van der Waals surface area (Å²) in [7, 11) is -3.18. The van der Waals surface area contributed by atoms with E-state index < -0.39 is 14.6 Å². The Kier molecular flexibility index (Phi) is 3.83. The lowest BCUT2D eigenvalue weighted by molar-refractivity contribution is 0.559. The van der Waals surface area contributed by atoms with E-state index in [9.17, 15) is 8.42 Å². The highest BCUT2D eigenvalue weighted by Crippen LogP contribution is 2.20. The van der Waals surface area contributed by atoms with Crippen molar-refractivity contribution in [1.29, 1.82) is 0 Å². The van der Waals surface area contributed by atoms with Crippen molar-refractivity contribution in [3.05, 3.63) is 11.5 Å². The van der Waals surface area contributed by atoms with E-state index in [1.54, 1.807) is 13.8 Å². The highest BCUT2D eigenvalue weighted by atomic mass is 35.5. The molecule has 0 amide bonds. The molecule has 0 aliphatic carbocycles. The normalized spacial score (nSPS) is 12.5. The molecule has 1 aromatic rings. The van der Waals surface area contributed by atoms with Gasteiger partial charge in [0.25, 0.3) is 0 Å². The van der Waals surface area contributed by atoms with Gasteiger partial charge in [0.2, 0.25) is 5.28 Å². The van der Waals surface area contributed by atoms with Crippen molar-refractivity contribution >= 4 is 32.9 Å². The molecule has 96 valence electrons. The number of nitrogens with one attached hydrogen (secondary N) is 1. The molecule has 1 aromatic heterocycles. The number of hydrogen-bond donors (Lipinski definition) is 2. The van der Waals surface area contributed by atoms with Gasteiger partial charge in [0, 0.05) is 12.8 Å². The minimum atomic E-state index is -3.18. The van der Waals surface area contributed by atoms with E-state index in [1.807, 2.05) is 0 Å². The number of nitrogen functional groups attached to an aromatic ring is 1. The summed E-state index contributed by atoms with van der Waals surface area (Å²) in [6, 6.07) is 0. The zero-order valence-electron chi connectivity index (χ0n) is 9.86. The molecule has 0 aliphatic heterocycles. The van der Waals surface area contributed by atoms with Crippen LogP contribution in [0.15, 0.2) is 6.20 Å². The minimum Gasteiger partial charge on any atom is -0.394 e. The third-order valence-electron chi connectivity index (χ3n) is 2.47. The molecule has 0 spiro atoms. The van der Waals surface area contributed by atoms with Gasteiger partial charge >= 0.3 is 0 Å². The fraction of sp³-hybridized carbons (Fsp3) is 0.556. The Morgan fingerprint density at radius 3 is 2.65 bits per heavy atom. The number of aromatic nitrogens is 2. The van der Waals surface area contributed by atoms with Crippen molar-refractivity contribution in [3.8, 4) is 0 Å². The van der Waals surface area contributed by atoms with Gasteiger partial charge in [-0.25, -0.2) is 13.4 Å². The molecule has 17 heavy (non-hydrogen) atoms. The van der Waals surface area contributed by atoms with Crippen LogP contribution in [0.25, 0.3) is 0 Å². The average molecular weight is 279 g/mol. The van der Waals surface area contributed by atoms with E-state index >= 15 is 0 Å². The summed E-state index contributed by atoms with van der Waals surface area (Å²) in [6.07, 6.45) is 2.55. The average Bonchev–Trinajstić information content (AvgIpc) is 2.18. The van der Waals surface area contributed by atoms with Crippen molar-refractivity contribution in [2.24, 2.45) is 0 Å². The lowest BCUT2D eigenvalue weighted by Gasteiger charge is -2.23. The zero-order valence-corrected chi connectivity index (χ0v) is 11.4. The molecule has 8 heteroatoms. The minimum absolute atomic E-state index is 0.0545. The molecule has 1 heterocycles. The number of nitrogens with zero attached hydrogens (tertiary/aromatic N) is 2. The van der Waals surface area contributed by atoms with Crippen LogP contribution in [0.5, 0.6) is 0 Å². The highest BCUT2D eigenvalue weighted by Gasteiger charge is 2.30. The Hall–Kier alpha value is -1.08. The van der Waals surface area contributed by atoms with Crippen molar-refractivity contribution in [2.75, 3.05) is 23.9 Å². The number of halogens is 1. The molecule has 6 nitrogen and oxygen atoms in total. The lowest BCUT2D eigenvalue weighted by Crippen LogP contribution is -2.38. The second-order valence-electron chi connectivity index (χ2n) is 4.33. The first kappa shape index (κ1) is 14.0. The molecule has 0 aliphatic rings. The van der Waals surface area contributed by atoms with Gasteiger partial charge in [-0.1, -0.05) is 0 Å². The SMILES string of the molecule is CC(C)(CNc1nc(Cl)ncc1N)S(C)(=O)=O. The van der Waals surface area contributed by atoms with Gasteiger partial charge < -0.3 is 11.1 Å². The second-order valence-corrected chi connectivity index (χ2v) is 7.32. The maximum Gasteiger partial charge on any atom is 0.224 e. The van der Waals surface area contributed by atoms with Crippen LogP contribution < -0.4 is 11.1 Å². The van der Waals surface area contributed by atoms with Crippen molar-refractivity contribution in [2.45, 2.75) is 18.6 Å². The summed E-state index contributed by atoms with van der Waals surface area (Å²) in [5.74, 6) is 0.335. The first-order valence-corrected chi connectivity index (χ1v) is 7.12. The predicted octanol–water partition coefficient (Wildman–Crippen LogP) is 0.947. The summed E-state index contributed by atoms with van der Waals surface area (Å²) in [6.45, 7) is 3.42. The highest BCUT2D eigenvalue weighted by molar-refractivity contribution is 7.92. The van der Waals surface area contributed by atoms with Crippen LogP contribution in [0.3, 0.4) is 0 Å². The summed E-state index contributed by atoms with van der Waals surface area (Å²) >= 11 is 5.62. The number of hydrogen-bond acceptors (Lipinski definition) is 6. The van der Waals surface area contributed by atoms with E-state index in [0.29, 0.717) is 11.5 Å². The molecule has 0 saturated heterocycles. The topological polar surface area (TPSA) is 98.0 Å². The van der Waals surface area contributed by atoms with Crippen LogP contribution in [-0.2, 0) is 9.84 Å². The van der Waals surface area contributed by atoms with E-state index in [1.165, 1.54) is 12.5 Å². The molecule has 0 fully saturated rings. The van der Waals surface area contributed by atoms with E-state index in [2.05, 4.69) is 15.3 Å².